The Kier molecular flexibility index (Phi) is 3.06. The van der Waals surface area contributed by atoms with Gasteiger partial charge in [-0.2, -0.15) is 0 Å². The van der Waals surface area contributed by atoms with Gasteiger partial charge >= 0.3 is 0 Å². The largest absolute Gasteiger partial charge is 0.395 e. The van der Waals surface area contributed by atoms with Gasteiger partial charge in [-0.3, -0.25) is 14.9 Å². The van der Waals surface area contributed by atoms with Crippen molar-refractivity contribution in [3.63, 3.8) is 0 Å². The number of amides is 2. The first-order chi connectivity index (χ1) is 9.61. The van der Waals surface area contributed by atoms with E-state index in [1.807, 2.05) is 19.1 Å². The van der Waals surface area contributed by atoms with Crippen LogP contribution in [-0.4, -0.2) is 29.4 Å². The van der Waals surface area contributed by atoms with Crippen LogP contribution in [0.4, 0.5) is 11.4 Å². The minimum atomic E-state index is -0.383. The van der Waals surface area contributed by atoms with Crippen molar-refractivity contribution in [1.29, 1.82) is 0 Å². The fourth-order valence-electron chi connectivity index (χ4n) is 2.52. The highest BCUT2D eigenvalue weighted by molar-refractivity contribution is 7.16. The summed E-state index contributed by atoms with van der Waals surface area (Å²) in [5, 5.41) is 2.36. The SMILES string of the molecule is CCC1C(=O)NC(=O)CN1c1ccc2scnc2c1N. The molecule has 104 valence electrons. The number of piperazine rings is 1. The van der Waals surface area contributed by atoms with Crippen LogP contribution in [0.3, 0.4) is 0 Å². The van der Waals surface area contributed by atoms with Crippen LogP contribution in [0.25, 0.3) is 10.2 Å². The Bertz CT molecular complexity index is 697. The number of rotatable bonds is 2. The van der Waals surface area contributed by atoms with E-state index in [1.165, 1.54) is 11.3 Å². The van der Waals surface area contributed by atoms with Gasteiger partial charge in [-0.15, -0.1) is 11.3 Å². The number of nitrogens with two attached hydrogens (primary N) is 1. The number of nitrogens with zero attached hydrogens (tertiary/aromatic N) is 2. The molecule has 1 aliphatic heterocycles. The molecule has 3 N–H and O–H groups in total. The van der Waals surface area contributed by atoms with Gasteiger partial charge < -0.3 is 10.6 Å². The van der Waals surface area contributed by atoms with E-state index in [1.54, 1.807) is 10.4 Å². The van der Waals surface area contributed by atoms with E-state index in [2.05, 4.69) is 10.3 Å². The Hall–Kier alpha value is -2.15. The first-order valence-electron chi connectivity index (χ1n) is 6.33. The van der Waals surface area contributed by atoms with Crippen molar-refractivity contribution in [2.24, 2.45) is 0 Å². The molecule has 1 unspecified atom stereocenters. The van der Waals surface area contributed by atoms with Crippen LogP contribution in [0.15, 0.2) is 17.6 Å². The average Bonchev–Trinajstić information content (AvgIpc) is 2.87. The second kappa shape index (κ2) is 4.75. The van der Waals surface area contributed by atoms with Gasteiger partial charge in [0.05, 0.1) is 28.1 Å². The first kappa shape index (κ1) is 12.9. The fraction of sp³-hybridized carbons (Fsp3) is 0.308. The Morgan fingerprint density at radius 1 is 1.50 bits per heavy atom. The second-order valence-corrected chi connectivity index (χ2v) is 5.55. The Morgan fingerprint density at radius 3 is 3.05 bits per heavy atom. The van der Waals surface area contributed by atoms with Gasteiger partial charge in [0.2, 0.25) is 11.8 Å². The normalized spacial score (nSPS) is 19.4. The summed E-state index contributed by atoms with van der Waals surface area (Å²) < 4.78 is 0.993. The maximum absolute atomic E-state index is 11.9. The average molecular weight is 290 g/mol. The van der Waals surface area contributed by atoms with E-state index in [4.69, 9.17) is 5.73 Å². The van der Waals surface area contributed by atoms with Crippen LogP contribution in [0.5, 0.6) is 0 Å². The van der Waals surface area contributed by atoms with Crippen molar-refractivity contribution < 1.29 is 9.59 Å². The number of hydrogen-bond donors (Lipinski definition) is 2. The number of carbonyl (C=O) groups is 2. The molecule has 3 rings (SSSR count). The molecule has 2 heterocycles. The molecule has 6 nitrogen and oxygen atoms in total. The van der Waals surface area contributed by atoms with Crippen molar-refractivity contribution in [3.8, 4) is 0 Å². The lowest BCUT2D eigenvalue weighted by Crippen LogP contribution is -2.58. The summed E-state index contributed by atoms with van der Waals surface area (Å²) in [7, 11) is 0. The lowest BCUT2D eigenvalue weighted by atomic mass is 10.1. The minimum Gasteiger partial charge on any atom is -0.395 e. The van der Waals surface area contributed by atoms with Gasteiger partial charge in [0.25, 0.3) is 0 Å². The number of aromatic nitrogens is 1. The molecular weight excluding hydrogens is 276 g/mol. The van der Waals surface area contributed by atoms with Crippen molar-refractivity contribution in [1.82, 2.24) is 10.3 Å². The molecule has 1 saturated heterocycles. The lowest BCUT2D eigenvalue weighted by molar-refractivity contribution is -0.132. The van der Waals surface area contributed by atoms with Gasteiger partial charge in [-0.1, -0.05) is 6.92 Å². The van der Waals surface area contributed by atoms with E-state index >= 15 is 0 Å². The lowest BCUT2D eigenvalue weighted by Gasteiger charge is -2.35. The molecule has 1 fully saturated rings. The monoisotopic (exact) mass is 290 g/mol. The van der Waals surface area contributed by atoms with Crippen molar-refractivity contribution in [2.75, 3.05) is 17.2 Å². The number of hydrogen-bond acceptors (Lipinski definition) is 6. The molecule has 1 aliphatic rings. The molecule has 0 spiro atoms. The van der Waals surface area contributed by atoms with Crippen LogP contribution in [0.1, 0.15) is 13.3 Å². The highest BCUT2D eigenvalue weighted by atomic mass is 32.1. The number of nitrogen functional groups attached to an aromatic ring is 1. The third-order valence-electron chi connectivity index (χ3n) is 3.47. The molecule has 2 aromatic rings. The molecule has 0 radical (unpaired) electrons. The molecule has 1 atom stereocenters. The van der Waals surface area contributed by atoms with Gasteiger partial charge in [-0.25, -0.2) is 4.98 Å². The van der Waals surface area contributed by atoms with E-state index in [0.717, 1.165) is 10.2 Å². The first-order valence-corrected chi connectivity index (χ1v) is 7.21. The number of fused-ring (bicyclic) bond motifs is 1. The maximum Gasteiger partial charge on any atom is 0.249 e. The van der Waals surface area contributed by atoms with E-state index in [0.29, 0.717) is 17.8 Å². The van der Waals surface area contributed by atoms with Gasteiger partial charge in [-0.05, 0) is 18.6 Å². The second-order valence-electron chi connectivity index (χ2n) is 4.66. The molecule has 20 heavy (non-hydrogen) atoms. The topological polar surface area (TPSA) is 88.3 Å². The van der Waals surface area contributed by atoms with E-state index in [-0.39, 0.29) is 24.4 Å². The van der Waals surface area contributed by atoms with Crippen molar-refractivity contribution in [2.45, 2.75) is 19.4 Å². The fourth-order valence-corrected chi connectivity index (χ4v) is 3.21. The third kappa shape index (κ3) is 1.90. The molecule has 2 amide bonds. The number of nitrogens with one attached hydrogen (secondary N) is 1. The highest BCUT2D eigenvalue weighted by Gasteiger charge is 2.33. The van der Waals surface area contributed by atoms with Crippen molar-refractivity contribution >= 4 is 44.7 Å². The number of imide groups is 1. The zero-order valence-corrected chi connectivity index (χ0v) is 11.7. The quantitative estimate of drug-likeness (QED) is 0.639. The third-order valence-corrected chi connectivity index (χ3v) is 4.26. The van der Waals surface area contributed by atoms with Crippen LogP contribution >= 0.6 is 11.3 Å². The summed E-state index contributed by atoms with van der Waals surface area (Å²) in [6.07, 6.45) is 0.605. The van der Waals surface area contributed by atoms with Crippen molar-refractivity contribution in [3.05, 3.63) is 17.6 Å². The standard InChI is InChI=1S/C13H14N4O2S/c1-2-7-13(19)16-10(18)5-17(7)8-3-4-9-12(11(8)14)15-6-20-9/h3-4,6-7H,2,5,14H2,1H3,(H,16,18,19). The molecular formula is C13H14N4O2S. The number of benzene rings is 1. The highest BCUT2D eigenvalue weighted by Crippen LogP contribution is 2.34. The predicted molar refractivity (Wildman–Crippen MR) is 78.6 cm³/mol. The zero-order valence-electron chi connectivity index (χ0n) is 10.9. The van der Waals surface area contributed by atoms with Gasteiger partial charge in [0, 0.05) is 0 Å². The Balaban J connectivity index is 2.09. The number of thiazole rings is 1. The molecule has 1 aromatic carbocycles. The molecule has 0 bridgehead atoms. The van der Waals surface area contributed by atoms with Gasteiger partial charge in [0.1, 0.15) is 11.6 Å². The van der Waals surface area contributed by atoms with Crippen LogP contribution in [0, 0.1) is 0 Å². The summed E-state index contributed by atoms with van der Waals surface area (Å²) >= 11 is 1.51. The molecule has 1 aromatic heterocycles. The van der Waals surface area contributed by atoms with E-state index in [9.17, 15) is 9.59 Å². The zero-order chi connectivity index (χ0) is 14.3. The predicted octanol–water partition coefficient (Wildman–Crippen LogP) is 1.12. The summed E-state index contributed by atoms with van der Waals surface area (Å²) in [6, 6.07) is 3.39. The van der Waals surface area contributed by atoms with E-state index < -0.39 is 0 Å². The summed E-state index contributed by atoms with van der Waals surface area (Å²) in [4.78, 5) is 29.5. The molecule has 7 heteroatoms. The van der Waals surface area contributed by atoms with Crippen LogP contribution in [0.2, 0.25) is 0 Å². The summed E-state index contributed by atoms with van der Waals surface area (Å²) in [5.41, 5.74) is 9.83. The minimum absolute atomic E-state index is 0.129. The molecule has 0 aliphatic carbocycles. The number of carbonyl (C=O) groups excluding carboxylic acids is 2. The number of anilines is 2. The Morgan fingerprint density at radius 2 is 2.30 bits per heavy atom. The smallest absolute Gasteiger partial charge is 0.249 e. The van der Waals surface area contributed by atoms with Crippen LogP contribution in [-0.2, 0) is 9.59 Å². The summed E-state index contributed by atoms with van der Waals surface area (Å²) in [6.45, 7) is 2.04. The molecule has 0 saturated carbocycles. The Labute approximate surface area is 119 Å². The maximum atomic E-state index is 11.9. The van der Waals surface area contributed by atoms with Crippen LogP contribution < -0.4 is 16.0 Å². The van der Waals surface area contributed by atoms with Gasteiger partial charge in [0.15, 0.2) is 0 Å². The summed E-state index contributed by atoms with van der Waals surface area (Å²) in [5.74, 6) is -0.584.